The van der Waals surface area contributed by atoms with Crippen LogP contribution >= 0.6 is 12.2 Å². The first kappa shape index (κ1) is 25.4. The van der Waals surface area contributed by atoms with Crippen molar-refractivity contribution in [3.8, 4) is 0 Å². The number of isothiocyanates is 1. The van der Waals surface area contributed by atoms with Gasteiger partial charge in [-0.05, 0) is 56.1 Å². The third-order valence-corrected chi connectivity index (χ3v) is 6.33. The molecule has 1 aliphatic carbocycles. The summed E-state index contributed by atoms with van der Waals surface area (Å²) in [5.74, 6) is 0.672. The number of carbonyl (C=O) groups is 2. The zero-order valence-corrected chi connectivity index (χ0v) is 21.3. The maximum atomic E-state index is 12.9. The van der Waals surface area contributed by atoms with E-state index in [9.17, 15) is 9.59 Å². The molecule has 1 fully saturated rings. The van der Waals surface area contributed by atoms with E-state index in [0.717, 1.165) is 49.6 Å². The first-order chi connectivity index (χ1) is 17.5. The predicted molar refractivity (Wildman–Crippen MR) is 142 cm³/mol. The molecule has 4 rings (SSSR count). The average Bonchev–Trinajstić information content (AvgIpc) is 3.53. The third-order valence-electron chi connectivity index (χ3n) is 6.20. The lowest BCUT2D eigenvalue weighted by Crippen LogP contribution is -2.25. The number of nitrogens with one attached hydrogen (secondary N) is 2. The lowest BCUT2D eigenvalue weighted by molar-refractivity contribution is 0.0815. The number of fused-ring (bicyclic) bond motifs is 1. The van der Waals surface area contributed by atoms with Gasteiger partial charge in [-0.1, -0.05) is 12.8 Å². The van der Waals surface area contributed by atoms with Crippen molar-refractivity contribution in [3.63, 3.8) is 0 Å². The molecule has 0 unspecified atom stereocenters. The van der Waals surface area contributed by atoms with Gasteiger partial charge in [-0.15, -0.1) is 0 Å². The van der Waals surface area contributed by atoms with Crippen LogP contribution in [0, 0.1) is 0 Å². The molecule has 3 heterocycles. The second-order valence-corrected chi connectivity index (χ2v) is 9.19. The van der Waals surface area contributed by atoms with Crippen molar-refractivity contribution in [2.45, 2.75) is 44.6 Å². The number of hydrogen-bond donors (Lipinski definition) is 2. The molecule has 1 saturated carbocycles. The normalized spacial score (nSPS) is 13.4. The number of aliphatic imine (C=N–C) groups is 1. The molecule has 0 bridgehead atoms. The Kier molecular flexibility index (Phi) is 8.35. The smallest absolute Gasteiger partial charge is 0.270 e. The molecule has 36 heavy (non-hydrogen) atoms. The maximum absolute atomic E-state index is 12.9. The van der Waals surface area contributed by atoms with Crippen molar-refractivity contribution in [3.05, 3.63) is 41.9 Å². The summed E-state index contributed by atoms with van der Waals surface area (Å²) < 4.78 is 2.07. The molecule has 2 amide bonds. The summed E-state index contributed by atoms with van der Waals surface area (Å²) in [6.45, 7) is 1.17. The van der Waals surface area contributed by atoms with E-state index in [-0.39, 0.29) is 17.9 Å². The van der Waals surface area contributed by atoms with Gasteiger partial charge in [0.25, 0.3) is 11.8 Å². The molecule has 11 heteroatoms. The van der Waals surface area contributed by atoms with E-state index >= 15 is 0 Å². The number of aromatic nitrogens is 4. The first-order valence-corrected chi connectivity index (χ1v) is 12.5. The van der Waals surface area contributed by atoms with Gasteiger partial charge in [0, 0.05) is 51.0 Å². The molecule has 3 aromatic heterocycles. The molecular weight excluding hydrogens is 476 g/mol. The fourth-order valence-corrected chi connectivity index (χ4v) is 4.47. The van der Waals surface area contributed by atoms with Gasteiger partial charge in [-0.2, -0.15) is 4.98 Å². The van der Waals surface area contributed by atoms with Crippen LogP contribution in [0.15, 0.2) is 35.6 Å². The number of thiocarbonyl (C=S) groups is 1. The Morgan fingerprint density at radius 1 is 1.19 bits per heavy atom. The lowest BCUT2D eigenvalue weighted by Gasteiger charge is -2.19. The highest BCUT2D eigenvalue weighted by Crippen LogP contribution is 2.34. The van der Waals surface area contributed by atoms with Gasteiger partial charge in [0.05, 0.1) is 10.7 Å². The van der Waals surface area contributed by atoms with Crippen LogP contribution in [0.25, 0.3) is 11.0 Å². The SMILES string of the molecule is CN(C)C(=O)c1cc2cnc(Nc3ccc(C(=O)NCCCCN=C=S)cn3)nc2n1C1CCCC1. The van der Waals surface area contributed by atoms with E-state index in [2.05, 4.69) is 47.5 Å². The Hall–Kier alpha value is -3.69. The minimum Gasteiger partial charge on any atom is -0.352 e. The lowest BCUT2D eigenvalue weighted by atomic mass is 10.2. The van der Waals surface area contributed by atoms with Gasteiger partial charge >= 0.3 is 0 Å². The molecule has 0 saturated heterocycles. The maximum Gasteiger partial charge on any atom is 0.270 e. The Morgan fingerprint density at radius 2 is 2.00 bits per heavy atom. The van der Waals surface area contributed by atoms with Crippen LogP contribution in [-0.4, -0.2) is 68.6 Å². The summed E-state index contributed by atoms with van der Waals surface area (Å²) in [5.41, 5.74) is 1.83. The fourth-order valence-electron chi connectivity index (χ4n) is 4.38. The average molecular weight is 507 g/mol. The highest BCUT2D eigenvalue weighted by Gasteiger charge is 2.26. The standard InChI is InChI=1S/C25H30N8O2S/c1-32(2)24(35)20-13-18-15-29-25(31-22(18)33(20)19-7-3-4-8-19)30-21-10-9-17(14-28-21)23(34)27-12-6-5-11-26-16-36/h9-10,13-15,19H,3-8,11-12H2,1-2H3,(H,27,34)(H,28,29,30,31). The number of anilines is 2. The molecule has 0 atom stereocenters. The second kappa shape index (κ2) is 11.8. The highest BCUT2D eigenvalue weighted by molar-refractivity contribution is 7.78. The summed E-state index contributed by atoms with van der Waals surface area (Å²) in [6.07, 6.45) is 9.22. The third kappa shape index (κ3) is 5.92. The molecule has 1 aliphatic rings. The highest BCUT2D eigenvalue weighted by atomic mass is 32.1. The van der Waals surface area contributed by atoms with Gasteiger partial charge in [0.2, 0.25) is 5.95 Å². The molecule has 0 radical (unpaired) electrons. The molecule has 0 aliphatic heterocycles. The molecule has 2 N–H and O–H groups in total. The molecular formula is C25H30N8O2S. The van der Waals surface area contributed by atoms with Crippen LogP contribution in [0.4, 0.5) is 11.8 Å². The number of unbranched alkanes of at least 4 members (excludes halogenated alkanes) is 1. The summed E-state index contributed by atoms with van der Waals surface area (Å²) in [4.78, 5) is 44.1. The zero-order chi connectivity index (χ0) is 25.5. The van der Waals surface area contributed by atoms with Gasteiger partial charge in [-0.25, -0.2) is 15.0 Å². The van der Waals surface area contributed by atoms with E-state index < -0.39 is 0 Å². The number of nitrogens with zero attached hydrogens (tertiary/aromatic N) is 6. The van der Waals surface area contributed by atoms with Crippen molar-refractivity contribution in [1.82, 2.24) is 29.7 Å². The molecule has 3 aromatic rings. The van der Waals surface area contributed by atoms with Crippen LogP contribution in [0.2, 0.25) is 0 Å². The van der Waals surface area contributed by atoms with Crippen LogP contribution < -0.4 is 10.6 Å². The van der Waals surface area contributed by atoms with Crippen LogP contribution in [0.3, 0.4) is 0 Å². The summed E-state index contributed by atoms with van der Waals surface area (Å²) in [7, 11) is 3.51. The Balaban J connectivity index is 1.47. The second-order valence-electron chi connectivity index (χ2n) is 9.00. The van der Waals surface area contributed by atoms with Crippen molar-refractivity contribution >= 4 is 52.0 Å². The first-order valence-electron chi connectivity index (χ1n) is 12.1. The molecule has 0 aromatic carbocycles. The number of amides is 2. The largest absolute Gasteiger partial charge is 0.352 e. The zero-order valence-electron chi connectivity index (χ0n) is 20.5. The topological polar surface area (TPSA) is 117 Å². The van der Waals surface area contributed by atoms with Crippen molar-refractivity contribution in [2.24, 2.45) is 4.99 Å². The van der Waals surface area contributed by atoms with Crippen molar-refractivity contribution in [2.75, 3.05) is 32.5 Å². The quantitative estimate of drug-likeness (QED) is 0.242. The van der Waals surface area contributed by atoms with E-state index in [1.807, 2.05) is 6.07 Å². The van der Waals surface area contributed by atoms with E-state index in [1.54, 1.807) is 37.3 Å². The molecule has 10 nitrogen and oxygen atoms in total. The van der Waals surface area contributed by atoms with E-state index in [4.69, 9.17) is 4.98 Å². The number of carbonyl (C=O) groups excluding carboxylic acids is 2. The fraction of sp³-hybridized carbons (Fsp3) is 0.440. The monoisotopic (exact) mass is 506 g/mol. The van der Waals surface area contributed by atoms with Crippen LogP contribution in [0.5, 0.6) is 0 Å². The van der Waals surface area contributed by atoms with E-state index in [1.165, 1.54) is 6.20 Å². The summed E-state index contributed by atoms with van der Waals surface area (Å²) >= 11 is 4.53. The number of rotatable bonds is 10. The Labute approximate surface area is 215 Å². The van der Waals surface area contributed by atoms with Crippen LogP contribution in [0.1, 0.15) is 65.4 Å². The summed E-state index contributed by atoms with van der Waals surface area (Å²) in [5, 5.41) is 9.14. The van der Waals surface area contributed by atoms with Crippen molar-refractivity contribution in [1.29, 1.82) is 0 Å². The summed E-state index contributed by atoms with van der Waals surface area (Å²) in [6, 6.07) is 5.53. The van der Waals surface area contributed by atoms with Gasteiger partial charge in [-0.3, -0.25) is 9.59 Å². The molecule has 188 valence electrons. The number of pyridine rings is 1. The molecule has 0 spiro atoms. The Morgan fingerprint density at radius 3 is 2.69 bits per heavy atom. The Bertz CT molecular complexity index is 1280. The van der Waals surface area contributed by atoms with Crippen molar-refractivity contribution < 1.29 is 9.59 Å². The minimum atomic E-state index is -0.183. The van der Waals surface area contributed by atoms with Crippen LogP contribution in [-0.2, 0) is 0 Å². The number of hydrogen-bond acceptors (Lipinski definition) is 8. The predicted octanol–water partition coefficient (Wildman–Crippen LogP) is 4.00. The van der Waals surface area contributed by atoms with E-state index in [0.29, 0.717) is 36.1 Å². The van der Waals surface area contributed by atoms with Gasteiger partial charge in [0.1, 0.15) is 17.2 Å². The van der Waals surface area contributed by atoms with Gasteiger partial charge < -0.3 is 20.1 Å². The minimum absolute atomic E-state index is 0.0478. The van der Waals surface area contributed by atoms with Gasteiger partial charge in [0.15, 0.2) is 0 Å².